The number of rotatable bonds is 4. The Kier molecular flexibility index (Phi) is 6.39. The van der Waals surface area contributed by atoms with Gasteiger partial charge >= 0.3 is 0 Å². The average molecular weight is 423 g/mol. The molecule has 0 spiro atoms. The lowest BCUT2D eigenvalue weighted by Gasteiger charge is -2.14. The normalized spacial score (nSPS) is 10.2. The lowest BCUT2D eigenvalue weighted by Crippen LogP contribution is -2.34. The number of nitrogens with one attached hydrogen (secondary N) is 2. The summed E-state index contributed by atoms with van der Waals surface area (Å²) in [4.78, 5) is 12.5. The highest BCUT2D eigenvalue weighted by molar-refractivity contribution is 9.10. The van der Waals surface area contributed by atoms with Crippen molar-refractivity contribution in [1.82, 2.24) is 5.32 Å². The molecule has 0 aliphatic heterocycles. The lowest BCUT2D eigenvalue weighted by atomic mass is 10.1. The summed E-state index contributed by atoms with van der Waals surface area (Å²) in [5, 5.41) is 15.5. The lowest BCUT2D eigenvalue weighted by molar-refractivity contribution is 0.0974. The number of carbonyl (C=O) groups is 1. The molecule has 0 atom stereocenters. The van der Waals surface area contributed by atoms with E-state index in [4.69, 9.17) is 17.0 Å². The Labute approximate surface area is 160 Å². The van der Waals surface area contributed by atoms with E-state index in [2.05, 4.69) is 26.6 Å². The number of halogens is 1. The molecule has 7 heteroatoms. The molecule has 2 aromatic rings. The molecule has 2 rings (SSSR count). The fourth-order valence-electron chi connectivity index (χ4n) is 2.40. The van der Waals surface area contributed by atoms with Crippen molar-refractivity contribution < 1.29 is 14.6 Å². The summed E-state index contributed by atoms with van der Waals surface area (Å²) < 4.78 is 6.08. The van der Waals surface area contributed by atoms with Crippen LogP contribution in [0.2, 0.25) is 0 Å². The van der Waals surface area contributed by atoms with Crippen LogP contribution in [0.15, 0.2) is 34.8 Å². The summed E-state index contributed by atoms with van der Waals surface area (Å²) in [5.74, 6) is 0.147. The van der Waals surface area contributed by atoms with Gasteiger partial charge in [-0.15, -0.1) is 0 Å². The van der Waals surface area contributed by atoms with Crippen LogP contribution in [0, 0.1) is 6.92 Å². The topological polar surface area (TPSA) is 70.6 Å². The summed E-state index contributed by atoms with van der Waals surface area (Å²) in [6.07, 6.45) is 0.822. The number of amides is 1. The Bertz CT molecular complexity index is 824. The van der Waals surface area contributed by atoms with Crippen LogP contribution < -0.4 is 15.4 Å². The van der Waals surface area contributed by atoms with Gasteiger partial charge in [0, 0.05) is 4.47 Å². The average Bonchev–Trinajstić information content (AvgIpc) is 2.56. The molecule has 2 aromatic carbocycles. The third-order valence-electron chi connectivity index (χ3n) is 3.63. The first kappa shape index (κ1) is 19.2. The van der Waals surface area contributed by atoms with Gasteiger partial charge in [-0.2, -0.15) is 0 Å². The molecule has 1 amide bonds. The van der Waals surface area contributed by atoms with E-state index in [1.54, 1.807) is 18.2 Å². The molecule has 0 aliphatic rings. The minimum atomic E-state index is -0.398. The van der Waals surface area contributed by atoms with Crippen molar-refractivity contribution in [3.8, 4) is 11.5 Å². The molecule has 0 unspecified atom stereocenters. The molecule has 0 aliphatic carbocycles. The van der Waals surface area contributed by atoms with Crippen molar-refractivity contribution in [3.05, 3.63) is 51.5 Å². The molecule has 132 valence electrons. The van der Waals surface area contributed by atoms with Crippen molar-refractivity contribution >= 4 is 44.9 Å². The Morgan fingerprint density at radius 2 is 2.04 bits per heavy atom. The van der Waals surface area contributed by atoms with Crippen LogP contribution in [0.5, 0.6) is 11.5 Å². The molecule has 0 heterocycles. The van der Waals surface area contributed by atoms with Crippen LogP contribution in [-0.4, -0.2) is 23.2 Å². The maximum Gasteiger partial charge on any atom is 0.261 e. The van der Waals surface area contributed by atoms with Crippen molar-refractivity contribution in [2.24, 2.45) is 0 Å². The number of hydrogen-bond donors (Lipinski definition) is 3. The summed E-state index contributed by atoms with van der Waals surface area (Å²) in [6.45, 7) is 3.86. The second-order valence-corrected chi connectivity index (χ2v) is 6.74. The maximum atomic E-state index is 12.5. The highest BCUT2D eigenvalue weighted by Gasteiger charge is 2.17. The smallest absolute Gasteiger partial charge is 0.261 e. The van der Waals surface area contributed by atoms with Gasteiger partial charge in [0.2, 0.25) is 0 Å². The van der Waals surface area contributed by atoms with Gasteiger partial charge in [0.1, 0.15) is 11.5 Å². The van der Waals surface area contributed by atoms with Crippen molar-refractivity contribution in [1.29, 1.82) is 0 Å². The van der Waals surface area contributed by atoms with E-state index in [-0.39, 0.29) is 10.9 Å². The monoisotopic (exact) mass is 422 g/mol. The molecule has 0 saturated heterocycles. The van der Waals surface area contributed by atoms with E-state index in [0.29, 0.717) is 17.0 Å². The summed E-state index contributed by atoms with van der Waals surface area (Å²) >= 11 is 8.56. The molecule has 0 saturated carbocycles. The van der Waals surface area contributed by atoms with Crippen LogP contribution in [0.1, 0.15) is 28.4 Å². The number of aryl methyl sites for hydroxylation is 2. The maximum absolute atomic E-state index is 12.5. The number of phenols is 1. The zero-order valence-corrected chi connectivity index (χ0v) is 16.5. The van der Waals surface area contributed by atoms with Gasteiger partial charge in [-0.25, -0.2) is 0 Å². The van der Waals surface area contributed by atoms with E-state index in [1.165, 1.54) is 7.11 Å². The highest BCUT2D eigenvalue weighted by atomic mass is 79.9. The van der Waals surface area contributed by atoms with Gasteiger partial charge in [0.05, 0.1) is 18.4 Å². The van der Waals surface area contributed by atoms with Crippen molar-refractivity contribution in [3.63, 3.8) is 0 Å². The zero-order chi connectivity index (χ0) is 18.6. The summed E-state index contributed by atoms with van der Waals surface area (Å²) in [5.41, 5.74) is 2.68. The van der Waals surface area contributed by atoms with Gasteiger partial charge in [0.25, 0.3) is 5.91 Å². The molecule has 0 fully saturated rings. The number of phenolic OH excluding ortho intramolecular Hbond substituents is 1. The third kappa shape index (κ3) is 4.70. The molecule has 5 nitrogen and oxygen atoms in total. The van der Waals surface area contributed by atoms with E-state index >= 15 is 0 Å². The van der Waals surface area contributed by atoms with E-state index in [1.807, 2.05) is 26.0 Å². The quantitative estimate of drug-likeness (QED) is 0.509. The van der Waals surface area contributed by atoms with Crippen molar-refractivity contribution in [2.75, 3.05) is 12.4 Å². The van der Waals surface area contributed by atoms with Gasteiger partial charge in [-0.3, -0.25) is 10.1 Å². The fraction of sp³-hybridized carbons (Fsp3) is 0.222. The predicted octanol–water partition coefficient (Wildman–Crippen LogP) is 4.16. The molecule has 3 N–H and O–H groups in total. The van der Waals surface area contributed by atoms with Crippen LogP contribution >= 0.6 is 28.1 Å². The molecular formula is C18H19BrN2O3S. The minimum absolute atomic E-state index is 0.0599. The Hall–Kier alpha value is -2.12. The standard InChI is InChI=1S/C18H19BrN2O3S/c1-4-11-5-6-15(22)14(8-11)20-18(25)21-17(23)13-9-12(19)7-10(2)16(13)24-3/h5-9,22H,4H2,1-3H3,(H2,20,21,23,25). The third-order valence-corrected chi connectivity index (χ3v) is 4.29. The van der Waals surface area contributed by atoms with Crippen LogP contribution in [0.3, 0.4) is 0 Å². The number of aromatic hydroxyl groups is 1. The molecule has 25 heavy (non-hydrogen) atoms. The zero-order valence-electron chi connectivity index (χ0n) is 14.1. The predicted molar refractivity (Wildman–Crippen MR) is 107 cm³/mol. The van der Waals surface area contributed by atoms with Gasteiger partial charge in [-0.1, -0.05) is 28.9 Å². The van der Waals surface area contributed by atoms with E-state index < -0.39 is 5.91 Å². The molecule has 0 bridgehead atoms. The summed E-state index contributed by atoms with van der Waals surface area (Å²) in [6, 6.07) is 8.74. The first-order chi connectivity index (χ1) is 11.8. The van der Waals surface area contributed by atoms with Gasteiger partial charge in [-0.05, 0) is 61.0 Å². The highest BCUT2D eigenvalue weighted by Crippen LogP contribution is 2.28. The number of carbonyl (C=O) groups excluding carboxylic acids is 1. The first-order valence-electron chi connectivity index (χ1n) is 7.64. The number of hydrogen-bond acceptors (Lipinski definition) is 4. The van der Waals surface area contributed by atoms with Gasteiger partial charge in [0.15, 0.2) is 5.11 Å². The second kappa shape index (κ2) is 8.31. The largest absolute Gasteiger partial charge is 0.506 e. The Balaban J connectivity index is 2.17. The fourth-order valence-corrected chi connectivity index (χ4v) is 3.17. The SMILES string of the molecule is CCc1ccc(O)c(NC(=S)NC(=O)c2cc(Br)cc(C)c2OC)c1. The summed E-state index contributed by atoms with van der Waals surface area (Å²) in [7, 11) is 1.51. The number of anilines is 1. The number of thiocarbonyl (C=S) groups is 1. The first-order valence-corrected chi connectivity index (χ1v) is 8.84. The number of ether oxygens (including phenoxy) is 1. The van der Waals surface area contributed by atoms with Crippen LogP contribution in [0.4, 0.5) is 5.69 Å². The van der Waals surface area contributed by atoms with Crippen LogP contribution in [-0.2, 0) is 6.42 Å². The molecule has 0 radical (unpaired) electrons. The van der Waals surface area contributed by atoms with Crippen LogP contribution in [0.25, 0.3) is 0 Å². The Morgan fingerprint density at radius 3 is 2.68 bits per heavy atom. The number of methoxy groups -OCH3 is 1. The van der Waals surface area contributed by atoms with Gasteiger partial charge < -0.3 is 15.2 Å². The Morgan fingerprint density at radius 1 is 1.32 bits per heavy atom. The minimum Gasteiger partial charge on any atom is -0.506 e. The molecular weight excluding hydrogens is 404 g/mol. The van der Waals surface area contributed by atoms with E-state index in [9.17, 15) is 9.90 Å². The van der Waals surface area contributed by atoms with Crippen molar-refractivity contribution in [2.45, 2.75) is 20.3 Å². The van der Waals surface area contributed by atoms with E-state index in [0.717, 1.165) is 22.0 Å². The second-order valence-electron chi connectivity index (χ2n) is 5.42. The molecule has 0 aromatic heterocycles. The number of benzene rings is 2.